The third-order valence-corrected chi connectivity index (χ3v) is 5.82. The van der Waals surface area contributed by atoms with Gasteiger partial charge in [0, 0.05) is 0 Å². The first-order chi connectivity index (χ1) is 14.1. The minimum atomic E-state index is -3.96. The van der Waals surface area contributed by atoms with Gasteiger partial charge in [-0.05, 0) is 27.7 Å². The van der Waals surface area contributed by atoms with E-state index in [0.717, 1.165) is 4.57 Å². The standard InChI is InChI=1S/C16H24F2N5O6P/c1-5-25-14-12-13(21-15(19)22-14)23(8-20-12)11(6-17)27-16(18)7-26-30(24,28-9(2)3)29-10(16)4/h8-11H,5-7H2,1-4H3,(H2,19,21,22)/t10-,11+,16+,30?/m0/s1. The summed E-state index contributed by atoms with van der Waals surface area (Å²) >= 11 is 0. The van der Waals surface area contributed by atoms with E-state index >= 15 is 4.39 Å². The predicted molar refractivity (Wildman–Crippen MR) is 101 cm³/mol. The molecule has 30 heavy (non-hydrogen) atoms. The average molecular weight is 451 g/mol. The van der Waals surface area contributed by atoms with Crippen molar-refractivity contribution in [2.75, 3.05) is 25.6 Å². The highest BCUT2D eigenvalue weighted by atomic mass is 31.2. The van der Waals surface area contributed by atoms with Gasteiger partial charge in [0.1, 0.15) is 19.4 Å². The topological polar surface area (TPSA) is 133 Å². The zero-order chi connectivity index (χ0) is 22.1. The van der Waals surface area contributed by atoms with Crippen molar-refractivity contribution in [2.24, 2.45) is 0 Å². The van der Waals surface area contributed by atoms with Crippen LogP contribution in [-0.4, -0.2) is 57.5 Å². The number of hydrogen-bond donors (Lipinski definition) is 1. The van der Waals surface area contributed by atoms with Gasteiger partial charge < -0.3 is 15.2 Å². The number of anilines is 1. The Bertz CT molecular complexity index is 946. The zero-order valence-electron chi connectivity index (χ0n) is 16.9. The van der Waals surface area contributed by atoms with Crippen molar-refractivity contribution < 1.29 is 36.4 Å². The number of hydrogen-bond acceptors (Lipinski definition) is 10. The smallest absolute Gasteiger partial charge is 0.475 e. The van der Waals surface area contributed by atoms with Crippen LogP contribution in [0.5, 0.6) is 5.88 Å². The normalized spacial score (nSPS) is 28.2. The number of halogens is 2. The van der Waals surface area contributed by atoms with E-state index in [4.69, 9.17) is 28.8 Å². The minimum absolute atomic E-state index is 0.0938. The van der Waals surface area contributed by atoms with Crippen LogP contribution in [0.15, 0.2) is 6.33 Å². The summed E-state index contributed by atoms with van der Waals surface area (Å²) in [6, 6.07) is 0. The monoisotopic (exact) mass is 451 g/mol. The van der Waals surface area contributed by atoms with E-state index in [1.54, 1.807) is 20.8 Å². The van der Waals surface area contributed by atoms with Gasteiger partial charge in [-0.1, -0.05) is 0 Å². The minimum Gasteiger partial charge on any atom is -0.476 e. The molecule has 1 fully saturated rings. The second-order valence-corrected chi connectivity index (χ2v) is 8.35. The molecule has 0 aliphatic carbocycles. The molecule has 3 heterocycles. The van der Waals surface area contributed by atoms with Crippen LogP contribution in [0.2, 0.25) is 0 Å². The van der Waals surface area contributed by atoms with Crippen LogP contribution in [0.1, 0.15) is 33.9 Å². The molecule has 4 atom stereocenters. The average Bonchev–Trinajstić information content (AvgIpc) is 3.07. The fraction of sp³-hybridized carbons (Fsp3) is 0.688. The van der Waals surface area contributed by atoms with Crippen molar-refractivity contribution >= 4 is 24.9 Å². The van der Waals surface area contributed by atoms with E-state index in [1.807, 2.05) is 0 Å². The molecule has 0 saturated carbocycles. The van der Waals surface area contributed by atoms with Gasteiger partial charge in [-0.25, -0.2) is 18.3 Å². The van der Waals surface area contributed by atoms with Gasteiger partial charge in [-0.15, -0.1) is 0 Å². The Morgan fingerprint density at radius 3 is 2.80 bits per heavy atom. The summed E-state index contributed by atoms with van der Waals surface area (Å²) in [5.41, 5.74) is 5.99. The molecule has 1 saturated heterocycles. The molecule has 0 aromatic carbocycles. The molecule has 0 spiro atoms. The van der Waals surface area contributed by atoms with Crippen LogP contribution < -0.4 is 10.5 Å². The molecule has 168 valence electrons. The number of nitrogens with zero attached hydrogens (tertiary/aromatic N) is 4. The zero-order valence-corrected chi connectivity index (χ0v) is 17.8. The van der Waals surface area contributed by atoms with Crippen molar-refractivity contribution in [1.82, 2.24) is 19.5 Å². The molecule has 14 heteroatoms. The molecular weight excluding hydrogens is 427 g/mol. The van der Waals surface area contributed by atoms with Gasteiger partial charge in [-0.2, -0.15) is 9.97 Å². The fourth-order valence-electron chi connectivity index (χ4n) is 2.77. The number of rotatable bonds is 8. The molecule has 1 unspecified atom stereocenters. The summed E-state index contributed by atoms with van der Waals surface area (Å²) in [6.07, 6.45) is -2.14. The lowest BCUT2D eigenvalue weighted by molar-refractivity contribution is -0.273. The number of imidazole rings is 1. The Morgan fingerprint density at radius 2 is 2.20 bits per heavy atom. The Labute approximate surface area is 171 Å². The summed E-state index contributed by atoms with van der Waals surface area (Å²) in [6.45, 7) is 4.64. The molecule has 0 bridgehead atoms. The number of ether oxygens (including phenoxy) is 2. The van der Waals surface area contributed by atoms with E-state index in [2.05, 4.69) is 15.0 Å². The maximum absolute atomic E-state index is 15.4. The highest BCUT2D eigenvalue weighted by Crippen LogP contribution is 2.57. The van der Waals surface area contributed by atoms with E-state index in [1.165, 1.54) is 13.3 Å². The lowest BCUT2D eigenvalue weighted by Gasteiger charge is -2.39. The largest absolute Gasteiger partial charge is 0.476 e. The van der Waals surface area contributed by atoms with Crippen molar-refractivity contribution in [3.63, 3.8) is 0 Å². The van der Waals surface area contributed by atoms with E-state index in [-0.39, 0.29) is 23.0 Å². The molecule has 1 aliphatic heterocycles. The number of nitrogen functional groups attached to an aromatic ring is 1. The lowest BCUT2D eigenvalue weighted by Crippen LogP contribution is -2.49. The molecule has 11 nitrogen and oxygen atoms in total. The molecule has 2 aromatic rings. The molecule has 2 aromatic heterocycles. The number of phosphoric ester groups is 1. The molecule has 0 radical (unpaired) electrons. The van der Waals surface area contributed by atoms with Crippen molar-refractivity contribution in [3.8, 4) is 5.88 Å². The molecule has 0 amide bonds. The van der Waals surface area contributed by atoms with Gasteiger partial charge >= 0.3 is 7.82 Å². The molecule has 1 aliphatic rings. The van der Waals surface area contributed by atoms with Crippen molar-refractivity contribution in [3.05, 3.63) is 6.33 Å². The number of fused-ring (bicyclic) bond motifs is 1. The lowest BCUT2D eigenvalue weighted by atomic mass is 10.2. The Hall–Kier alpha value is -1.92. The van der Waals surface area contributed by atoms with Gasteiger partial charge in [0.25, 0.3) is 5.85 Å². The van der Waals surface area contributed by atoms with E-state index < -0.39 is 45.4 Å². The number of aromatic nitrogens is 4. The van der Waals surface area contributed by atoms with Crippen LogP contribution in [0.25, 0.3) is 11.2 Å². The Morgan fingerprint density at radius 1 is 1.47 bits per heavy atom. The first-order valence-electron chi connectivity index (χ1n) is 9.27. The first-order valence-corrected chi connectivity index (χ1v) is 10.7. The number of nitrogens with two attached hydrogens (primary N) is 1. The fourth-order valence-corrected chi connectivity index (χ4v) is 4.34. The van der Waals surface area contributed by atoms with Crippen LogP contribution >= 0.6 is 7.82 Å². The highest BCUT2D eigenvalue weighted by molar-refractivity contribution is 7.48. The van der Waals surface area contributed by atoms with Gasteiger partial charge in [-0.3, -0.25) is 18.1 Å². The van der Waals surface area contributed by atoms with Crippen molar-refractivity contribution in [2.45, 2.75) is 52.0 Å². The molecule has 3 rings (SSSR count). The quantitative estimate of drug-likeness (QED) is 0.597. The van der Waals surface area contributed by atoms with Gasteiger partial charge in [0.2, 0.25) is 11.8 Å². The summed E-state index contributed by atoms with van der Waals surface area (Å²) in [5.74, 6) is -2.65. The van der Waals surface area contributed by atoms with Crippen LogP contribution in [0.4, 0.5) is 14.7 Å². The Kier molecular flexibility index (Phi) is 6.58. The van der Waals surface area contributed by atoms with E-state index in [0.29, 0.717) is 6.61 Å². The maximum atomic E-state index is 15.4. The number of alkyl halides is 2. The third kappa shape index (κ3) is 4.54. The SMILES string of the molecule is CCOc1nc(N)nc2c1ncn2[C@@H](CF)O[C@]1(F)COP(=O)(OC(C)C)O[C@H]1C. The second kappa shape index (κ2) is 8.67. The van der Waals surface area contributed by atoms with Crippen LogP contribution in [0.3, 0.4) is 0 Å². The van der Waals surface area contributed by atoms with Gasteiger partial charge in [0.05, 0.1) is 19.0 Å². The second-order valence-electron chi connectivity index (χ2n) is 6.78. The first kappa shape index (κ1) is 22.8. The van der Waals surface area contributed by atoms with Crippen molar-refractivity contribution in [1.29, 1.82) is 0 Å². The summed E-state index contributed by atoms with van der Waals surface area (Å²) in [4.78, 5) is 12.1. The summed E-state index contributed by atoms with van der Waals surface area (Å²) < 4.78 is 68.8. The Balaban J connectivity index is 1.86. The highest BCUT2D eigenvalue weighted by Gasteiger charge is 2.52. The van der Waals surface area contributed by atoms with Crippen LogP contribution in [-0.2, 0) is 22.9 Å². The third-order valence-electron chi connectivity index (χ3n) is 4.12. The summed E-state index contributed by atoms with van der Waals surface area (Å²) in [7, 11) is -3.96. The molecule has 2 N–H and O–H groups in total. The van der Waals surface area contributed by atoms with Crippen LogP contribution in [0, 0.1) is 0 Å². The molecular formula is C16H24F2N5O6P. The van der Waals surface area contributed by atoms with Gasteiger partial charge in [0.15, 0.2) is 17.4 Å². The predicted octanol–water partition coefficient (Wildman–Crippen LogP) is 2.93. The van der Waals surface area contributed by atoms with E-state index in [9.17, 15) is 8.96 Å². The maximum Gasteiger partial charge on any atom is 0.475 e. The number of phosphoric acid groups is 1. The summed E-state index contributed by atoms with van der Waals surface area (Å²) in [5, 5.41) is 0.